The zero-order valence-electron chi connectivity index (χ0n) is 14.0. The first-order valence-electron chi connectivity index (χ1n) is 8.92. The molecule has 5 rings (SSSR count). The molecule has 0 bridgehead atoms. The maximum Gasteiger partial charge on any atom is 0.151 e. The molecular formula is C18H22N6. The third-order valence-corrected chi connectivity index (χ3v) is 5.41. The van der Waals surface area contributed by atoms with Crippen molar-refractivity contribution in [1.82, 2.24) is 20.2 Å². The molecule has 24 heavy (non-hydrogen) atoms. The summed E-state index contributed by atoms with van der Waals surface area (Å²) in [5.41, 5.74) is 2.33. The van der Waals surface area contributed by atoms with Crippen LogP contribution in [0.3, 0.4) is 0 Å². The van der Waals surface area contributed by atoms with Gasteiger partial charge in [0.25, 0.3) is 0 Å². The van der Waals surface area contributed by atoms with Gasteiger partial charge in [-0.25, -0.2) is 4.98 Å². The maximum atomic E-state index is 4.60. The first-order chi connectivity index (χ1) is 11.8. The number of anilines is 2. The van der Waals surface area contributed by atoms with Crippen LogP contribution in [0.4, 0.5) is 11.6 Å². The van der Waals surface area contributed by atoms with Crippen LogP contribution in [0.15, 0.2) is 24.5 Å². The first-order valence-corrected chi connectivity index (χ1v) is 8.92. The van der Waals surface area contributed by atoms with Crippen LogP contribution in [0.25, 0.3) is 0 Å². The Balaban J connectivity index is 1.26. The highest BCUT2D eigenvalue weighted by molar-refractivity contribution is 5.51. The zero-order valence-corrected chi connectivity index (χ0v) is 14.0. The van der Waals surface area contributed by atoms with Crippen molar-refractivity contribution in [3.63, 3.8) is 0 Å². The van der Waals surface area contributed by atoms with E-state index in [0.717, 1.165) is 30.4 Å². The van der Waals surface area contributed by atoms with Crippen molar-refractivity contribution in [3.05, 3.63) is 35.9 Å². The molecule has 0 atom stereocenters. The lowest BCUT2D eigenvalue weighted by Gasteiger charge is -2.45. The van der Waals surface area contributed by atoms with Crippen LogP contribution < -0.4 is 9.80 Å². The van der Waals surface area contributed by atoms with Gasteiger partial charge in [-0.05, 0) is 37.8 Å². The summed E-state index contributed by atoms with van der Waals surface area (Å²) in [5, 5.41) is 8.80. The number of likely N-dealkylation sites (N-methyl/N-ethyl adjacent to an activating group) is 1. The van der Waals surface area contributed by atoms with Gasteiger partial charge in [-0.3, -0.25) is 4.98 Å². The van der Waals surface area contributed by atoms with Crippen LogP contribution in [0.1, 0.15) is 48.9 Å². The molecule has 0 aromatic carbocycles. The van der Waals surface area contributed by atoms with E-state index >= 15 is 0 Å². The molecule has 6 heteroatoms. The standard InChI is InChI=1S/C18H22N6/c1-23(18-17(13-4-5-13)19-8-9-20-18)14-10-24(11-14)16-7-6-15(21-22-16)12-2-3-12/h6-9,12-14H,2-5,10-11H2,1H3. The lowest BCUT2D eigenvalue weighted by Crippen LogP contribution is -2.59. The van der Waals surface area contributed by atoms with Crippen molar-refractivity contribution in [2.24, 2.45) is 0 Å². The summed E-state index contributed by atoms with van der Waals surface area (Å²) in [6.45, 7) is 1.93. The molecule has 2 aromatic rings. The highest BCUT2D eigenvalue weighted by Crippen LogP contribution is 2.43. The molecule has 0 N–H and O–H groups in total. The van der Waals surface area contributed by atoms with Gasteiger partial charge >= 0.3 is 0 Å². The molecule has 3 heterocycles. The van der Waals surface area contributed by atoms with Gasteiger partial charge in [-0.1, -0.05) is 0 Å². The smallest absolute Gasteiger partial charge is 0.151 e. The second kappa shape index (κ2) is 5.40. The van der Waals surface area contributed by atoms with Crippen LogP contribution in [-0.2, 0) is 0 Å². The topological polar surface area (TPSA) is 58.0 Å². The minimum Gasteiger partial charge on any atom is -0.352 e. The quantitative estimate of drug-likeness (QED) is 0.842. The van der Waals surface area contributed by atoms with Crippen molar-refractivity contribution in [1.29, 1.82) is 0 Å². The third kappa shape index (κ3) is 2.50. The second-order valence-corrected chi connectivity index (χ2v) is 7.30. The fourth-order valence-electron chi connectivity index (χ4n) is 3.42. The van der Waals surface area contributed by atoms with Gasteiger partial charge in [-0.15, -0.1) is 5.10 Å². The number of rotatable bonds is 5. The lowest BCUT2D eigenvalue weighted by atomic mass is 10.1. The SMILES string of the molecule is CN(c1nccnc1C1CC1)C1CN(c2ccc(C3CC3)nn2)C1. The van der Waals surface area contributed by atoms with Crippen LogP contribution in [0, 0.1) is 0 Å². The molecular weight excluding hydrogens is 300 g/mol. The minimum atomic E-state index is 0.462. The summed E-state index contributed by atoms with van der Waals surface area (Å²) >= 11 is 0. The molecule has 6 nitrogen and oxygen atoms in total. The van der Waals surface area contributed by atoms with Crippen molar-refractivity contribution in [2.75, 3.05) is 29.9 Å². The molecule has 3 aliphatic rings. The Bertz CT molecular complexity index is 731. The van der Waals surface area contributed by atoms with Crippen molar-refractivity contribution < 1.29 is 0 Å². The Morgan fingerprint density at radius 2 is 1.71 bits per heavy atom. The maximum absolute atomic E-state index is 4.60. The van der Waals surface area contributed by atoms with Gasteiger partial charge in [0.2, 0.25) is 0 Å². The molecule has 2 saturated carbocycles. The van der Waals surface area contributed by atoms with E-state index in [4.69, 9.17) is 0 Å². The minimum absolute atomic E-state index is 0.462. The molecule has 2 aromatic heterocycles. The van der Waals surface area contributed by atoms with Gasteiger partial charge in [0.05, 0.1) is 17.4 Å². The summed E-state index contributed by atoms with van der Waals surface area (Å²) in [5.74, 6) is 3.33. The Morgan fingerprint density at radius 3 is 2.38 bits per heavy atom. The fourth-order valence-corrected chi connectivity index (χ4v) is 3.42. The predicted molar refractivity (Wildman–Crippen MR) is 92.4 cm³/mol. The zero-order chi connectivity index (χ0) is 16.1. The molecule has 0 unspecified atom stereocenters. The Kier molecular flexibility index (Phi) is 3.18. The number of nitrogens with zero attached hydrogens (tertiary/aromatic N) is 6. The van der Waals surface area contributed by atoms with Crippen molar-refractivity contribution in [3.8, 4) is 0 Å². The predicted octanol–water partition coefficient (Wildman–Crippen LogP) is 2.35. The van der Waals surface area contributed by atoms with Gasteiger partial charge < -0.3 is 9.80 Å². The van der Waals surface area contributed by atoms with E-state index in [-0.39, 0.29) is 0 Å². The molecule has 2 aliphatic carbocycles. The molecule has 0 spiro atoms. The van der Waals surface area contributed by atoms with E-state index in [1.54, 1.807) is 6.20 Å². The van der Waals surface area contributed by atoms with Crippen molar-refractivity contribution >= 4 is 11.6 Å². The number of hydrogen-bond acceptors (Lipinski definition) is 6. The molecule has 124 valence electrons. The number of hydrogen-bond donors (Lipinski definition) is 0. The molecule has 1 saturated heterocycles. The Labute approximate surface area is 141 Å². The highest BCUT2D eigenvalue weighted by atomic mass is 15.4. The van der Waals surface area contributed by atoms with Gasteiger partial charge in [0.1, 0.15) is 0 Å². The summed E-state index contributed by atoms with van der Waals surface area (Å²) in [4.78, 5) is 13.8. The average molecular weight is 322 g/mol. The largest absolute Gasteiger partial charge is 0.352 e. The van der Waals surface area contributed by atoms with Crippen molar-refractivity contribution in [2.45, 2.75) is 43.6 Å². The summed E-state index contributed by atoms with van der Waals surface area (Å²) in [6.07, 6.45) is 8.65. The summed E-state index contributed by atoms with van der Waals surface area (Å²) < 4.78 is 0. The first kappa shape index (κ1) is 14.1. The molecule has 0 radical (unpaired) electrons. The van der Waals surface area contributed by atoms with Gasteiger partial charge in [0.15, 0.2) is 11.6 Å². The molecule has 3 fully saturated rings. The number of aromatic nitrogens is 4. The van der Waals surface area contributed by atoms with E-state index in [1.165, 1.54) is 31.4 Å². The summed E-state index contributed by atoms with van der Waals surface area (Å²) in [7, 11) is 2.14. The van der Waals surface area contributed by atoms with Crippen LogP contribution >= 0.6 is 0 Å². The van der Waals surface area contributed by atoms with Gasteiger partial charge in [-0.2, -0.15) is 5.10 Å². The fraction of sp³-hybridized carbons (Fsp3) is 0.556. The van der Waals surface area contributed by atoms with Crippen LogP contribution in [-0.4, -0.2) is 46.3 Å². The van der Waals surface area contributed by atoms with E-state index in [0.29, 0.717) is 17.9 Å². The van der Waals surface area contributed by atoms with E-state index in [1.807, 2.05) is 6.20 Å². The van der Waals surface area contributed by atoms with Crippen LogP contribution in [0.2, 0.25) is 0 Å². The third-order valence-electron chi connectivity index (χ3n) is 5.41. The normalized spacial score (nSPS) is 20.8. The highest BCUT2D eigenvalue weighted by Gasteiger charge is 2.36. The lowest BCUT2D eigenvalue weighted by molar-refractivity contribution is 0.486. The Hall–Kier alpha value is -2.24. The van der Waals surface area contributed by atoms with Crippen LogP contribution in [0.5, 0.6) is 0 Å². The average Bonchev–Trinajstić information content (AvgIpc) is 3.47. The van der Waals surface area contributed by atoms with Gasteiger partial charge in [0, 0.05) is 44.4 Å². The van der Waals surface area contributed by atoms with E-state index in [2.05, 4.69) is 49.1 Å². The monoisotopic (exact) mass is 322 g/mol. The van der Waals surface area contributed by atoms with E-state index < -0.39 is 0 Å². The summed E-state index contributed by atoms with van der Waals surface area (Å²) in [6, 6.07) is 4.73. The van der Waals surface area contributed by atoms with E-state index in [9.17, 15) is 0 Å². The molecule has 0 amide bonds. The molecule has 1 aliphatic heterocycles. The Morgan fingerprint density at radius 1 is 0.958 bits per heavy atom. The second-order valence-electron chi connectivity index (χ2n) is 7.30.